The Morgan fingerprint density at radius 1 is 0.900 bits per heavy atom. The fourth-order valence-electron chi connectivity index (χ4n) is 4.12. The molecule has 0 heterocycles. The Morgan fingerprint density at radius 3 is 2.23 bits per heavy atom. The molecule has 0 aromatic heterocycles. The molecule has 0 fully saturated rings. The predicted octanol–water partition coefficient (Wildman–Crippen LogP) is 1.04. The van der Waals surface area contributed by atoms with Crippen LogP contribution >= 0.6 is 0 Å². The van der Waals surface area contributed by atoms with Gasteiger partial charge in [0.25, 0.3) is 0 Å². The molecule has 40 heavy (non-hydrogen) atoms. The van der Waals surface area contributed by atoms with E-state index in [9.17, 15) is 22.8 Å². The second kappa shape index (κ2) is 13.7. The van der Waals surface area contributed by atoms with E-state index in [1.807, 2.05) is 42.5 Å². The second-order valence-electron chi connectivity index (χ2n) is 9.31. The lowest BCUT2D eigenvalue weighted by atomic mass is 9.98. The van der Waals surface area contributed by atoms with Crippen molar-refractivity contribution < 1.29 is 22.8 Å². The van der Waals surface area contributed by atoms with E-state index in [2.05, 4.69) is 15.4 Å². The third-order valence-corrected chi connectivity index (χ3v) is 7.77. The van der Waals surface area contributed by atoms with Crippen LogP contribution in [0.3, 0.4) is 0 Å². The highest BCUT2D eigenvalue weighted by Crippen LogP contribution is 2.20. The van der Waals surface area contributed by atoms with Gasteiger partial charge in [0.1, 0.15) is 17.9 Å². The Hall–Kier alpha value is -4.29. The number of fused-ring (bicyclic) bond motifs is 1. The fraction of sp³-hybridized carbons (Fsp3) is 0.286. The summed E-state index contributed by atoms with van der Waals surface area (Å²) in [6.45, 7) is 1.57. The van der Waals surface area contributed by atoms with Crippen LogP contribution < -0.4 is 26.8 Å². The zero-order chi connectivity index (χ0) is 29.3. The Labute approximate surface area is 233 Å². The Morgan fingerprint density at radius 2 is 1.57 bits per heavy atom. The molecule has 0 saturated carbocycles. The van der Waals surface area contributed by atoms with E-state index in [4.69, 9.17) is 16.9 Å². The van der Waals surface area contributed by atoms with E-state index in [0.29, 0.717) is 5.56 Å². The summed E-state index contributed by atoms with van der Waals surface area (Å²) in [7, 11) is -3.78. The molecule has 0 radical (unpaired) electrons. The first-order valence-corrected chi connectivity index (χ1v) is 14.4. The summed E-state index contributed by atoms with van der Waals surface area (Å²) >= 11 is 0. The van der Waals surface area contributed by atoms with Gasteiger partial charge in [-0.15, -0.1) is 0 Å². The van der Waals surface area contributed by atoms with Crippen molar-refractivity contribution in [3.63, 3.8) is 0 Å². The molecule has 3 aromatic carbocycles. The number of sulfonamides is 1. The molecule has 0 bridgehead atoms. The predicted molar refractivity (Wildman–Crippen MR) is 154 cm³/mol. The lowest BCUT2D eigenvalue weighted by molar-refractivity contribution is -0.130. The number of carbonyl (C=O) groups is 3. The van der Waals surface area contributed by atoms with Gasteiger partial charge in [-0.3, -0.25) is 19.8 Å². The van der Waals surface area contributed by atoms with Gasteiger partial charge >= 0.3 is 0 Å². The Kier molecular flexibility index (Phi) is 10.3. The highest BCUT2D eigenvalue weighted by Gasteiger charge is 2.29. The van der Waals surface area contributed by atoms with Crippen molar-refractivity contribution in [1.29, 1.82) is 5.41 Å². The third kappa shape index (κ3) is 8.61. The monoisotopic (exact) mass is 566 g/mol. The molecule has 3 aromatic rings. The van der Waals surface area contributed by atoms with E-state index in [0.717, 1.165) is 21.9 Å². The van der Waals surface area contributed by atoms with Crippen molar-refractivity contribution in [2.24, 2.45) is 11.5 Å². The molecule has 3 amide bonds. The number of amidine groups is 1. The molecule has 0 aliphatic rings. The number of hydrogen-bond donors (Lipinski definition) is 6. The van der Waals surface area contributed by atoms with E-state index >= 15 is 0 Å². The highest BCUT2D eigenvalue weighted by molar-refractivity contribution is 7.89. The van der Waals surface area contributed by atoms with Gasteiger partial charge in [-0.05, 0) is 41.7 Å². The summed E-state index contributed by atoms with van der Waals surface area (Å²) in [5, 5.41) is 14.6. The molecule has 0 aliphatic heterocycles. The minimum atomic E-state index is -3.78. The molecule has 2 atom stereocenters. The molecule has 12 heteroatoms. The van der Waals surface area contributed by atoms with E-state index < -0.39 is 39.8 Å². The average Bonchev–Trinajstić information content (AvgIpc) is 2.93. The van der Waals surface area contributed by atoms with Crippen LogP contribution in [-0.2, 0) is 37.4 Å². The van der Waals surface area contributed by atoms with Crippen LogP contribution in [0.2, 0.25) is 0 Å². The van der Waals surface area contributed by atoms with Gasteiger partial charge in [0.2, 0.25) is 27.7 Å². The number of nitrogens with two attached hydrogens (primary N) is 2. The molecule has 3 rings (SSSR count). The third-order valence-electron chi connectivity index (χ3n) is 6.37. The summed E-state index contributed by atoms with van der Waals surface area (Å²) in [5.74, 6) is -2.24. The average molecular weight is 567 g/mol. The molecule has 0 saturated heterocycles. The molecular weight excluding hydrogens is 532 g/mol. The smallest absolute Gasteiger partial charge is 0.242 e. The van der Waals surface area contributed by atoms with Crippen LogP contribution in [0.4, 0.5) is 0 Å². The zero-order valence-corrected chi connectivity index (χ0v) is 23.0. The van der Waals surface area contributed by atoms with Crippen LogP contribution in [0.25, 0.3) is 10.8 Å². The summed E-state index contributed by atoms with van der Waals surface area (Å²) in [6, 6.07) is 17.5. The minimum Gasteiger partial charge on any atom is -0.384 e. The van der Waals surface area contributed by atoms with Gasteiger partial charge in [0, 0.05) is 18.5 Å². The number of amides is 3. The lowest BCUT2D eigenvalue weighted by Gasteiger charge is -2.23. The van der Waals surface area contributed by atoms with Crippen molar-refractivity contribution in [1.82, 2.24) is 15.4 Å². The molecule has 0 unspecified atom stereocenters. The van der Waals surface area contributed by atoms with Gasteiger partial charge in [-0.1, -0.05) is 66.7 Å². The SMILES string of the molecule is CCS(=O)(=O)N[C@H](Cc1cccc2ccccc12)C(=O)N[C@@H](CCC(N)=O)C(=O)NCc1ccc(C(=N)N)cc1. The summed E-state index contributed by atoms with van der Waals surface area (Å²) in [5.41, 5.74) is 12.8. The van der Waals surface area contributed by atoms with Crippen LogP contribution in [0.5, 0.6) is 0 Å². The number of rotatable bonds is 14. The summed E-state index contributed by atoms with van der Waals surface area (Å²) < 4.78 is 27.4. The number of hydrogen-bond acceptors (Lipinski definition) is 6. The number of benzene rings is 3. The van der Waals surface area contributed by atoms with Gasteiger partial charge in [0.15, 0.2) is 0 Å². The topological polar surface area (TPSA) is 197 Å². The maximum absolute atomic E-state index is 13.4. The molecule has 0 aliphatic carbocycles. The van der Waals surface area contributed by atoms with Crippen molar-refractivity contribution in [3.8, 4) is 0 Å². The molecule has 11 nitrogen and oxygen atoms in total. The zero-order valence-electron chi connectivity index (χ0n) is 22.1. The lowest BCUT2D eigenvalue weighted by Crippen LogP contribution is -2.54. The van der Waals surface area contributed by atoms with Gasteiger partial charge < -0.3 is 22.1 Å². The first-order chi connectivity index (χ1) is 19.0. The molecular formula is C28H34N6O5S. The Bertz CT molecular complexity index is 1490. The number of carbonyl (C=O) groups excluding carboxylic acids is 3. The van der Waals surface area contributed by atoms with Gasteiger partial charge in [-0.2, -0.15) is 0 Å². The first-order valence-electron chi connectivity index (χ1n) is 12.8. The second-order valence-corrected chi connectivity index (χ2v) is 11.4. The summed E-state index contributed by atoms with van der Waals surface area (Å²) in [4.78, 5) is 38.0. The number of nitrogens with one attached hydrogen (secondary N) is 4. The van der Waals surface area contributed by atoms with E-state index in [1.54, 1.807) is 24.3 Å². The largest absolute Gasteiger partial charge is 0.384 e. The minimum absolute atomic E-state index is 0.0407. The molecule has 8 N–H and O–H groups in total. The van der Waals surface area contributed by atoms with Crippen LogP contribution in [0.15, 0.2) is 66.7 Å². The quantitative estimate of drug-likeness (QED) is 0.124. The van der Waals surface area contributed by atoms with Crippen LogP contribution in [-0.4, -0.2) is 49.8 Å². The highest BCUT2D eigenvalue weighted by atomic mass is 32.2. The molecule has 0 spiro atoms. The van der Waals surface area contributed by atoms with E-state index in [1.165, 1.54) is 6.92 Å². The van der Waals surface area contributed by atoms with Crippen molar-refractivity contribution in [3.05, 3.63) is 83.4 Å². The standard InChI is InChI=1S/C28H34N6O5S/c1-2-40(38,39)34-24(16-21-8-5-7-19-6-3-4-9-22(19)21)28(37)33-23(14-15-25(29)35)27(36)32-17-18-10-12-20(13-11-18)26(30)31/h3-13,23-24,34H,2,14-17H2,1H3,(H2,29,35)(H3,30,31)(H,32,36)(H,33,37)/t23-,24+/m0/s1. The first kappa shape index (κ1) is 30.3. The maximum atomic E-state index is 13.4. The van der Waals surface area contributed by atoms with E-state index in [-0.39, 0.29) is 37.4 Å². The fourth-order valence-corrected chi connectivity index (χ4v) is 4.91. The number of primary amides is 1. The molecule has 212 valence electrons. The summed E-state index contributed by atoms with van der Waals surface area (Å²) in [6.07, 6.45) is -0.197. The maximum Gasteiger partial charge on any atom is 0.242 e. The van der Waals surface area contributed by atoms with Crippen molar-refractivity contribution in [2.45, 2.75) is 44.8 Å². The van der Waals surface area contributed by atoms with Crippen LogP contribution in [0, 0.1) is 5.41 Å². The number of nitrogen functional groups attached to an aromatic ring is 1. The normalized spacial score (nSPS) is 12.8. The van der Waals surface area contributed by atoms with Crippen molar-refractivity contribution in [2.75, 3.05) is 5.75 Å². The Balaban J connectivity index is 1.80. The van der Waals surface area contributed by atoms with Gasteiger partial charge in [0.05, 0.1) is 5.75 Å². The van der Waals surface area contributed by atoms with Gasteiger partial charge in [-0.25, -0.2) is 13.1 Å². The van der Waals surface area contributed by atoms with Crippen LogP contribution in [0.1, 0.15) is 36.5 Å². The van der Waals surface area contributed by atoms with Crippen molar-refractivity contribution >= 4 is 44.4 Å².